The first-order chi connectivity index (χ1) is 14.2. The first kappa shape index (κ1) is 24.2. The summed E-state index contributed by atoms with van der Waals surface area (Å²) in [7, 11) is -2.21. The van der Waals surface area contributed by atoms with Crippen LogP contribution in [0.15, 0.2) is 18.2 Å². The van der Waals surface area contributed by atoms with Crippen molar-refractivity contribution >= 4 is 15.9 Å². The fraction of sp³-hybridized carbons (Fsp3) is 0.611. The molecule has 0 bridgehead atoms. The second-order valence-corrected chi connectivity index (χ2v) is 8.66. The van der Waals surface area contributed by atoms with E-state index in [1.165, 1.54) is 14.2 Å². The summed E-state index contributed by atoms with van der Waals surface area (Å²) in [5.74, 6) is -2.84. The molecule has 0 spiro atoms. The van der Waals surface area contributed by atoms with Crippen LogP contribution in [0, 0.1) is 5.92 Å². The van der Waals surface area contributed by atoms with E-state index in [9.17, 15) is 26.5 Å². The molecule has 0 saturated carbocycles. The van der Waals surface area contributed by atoms with Crippen molar-refractivity contribution in [3.8, 4) is 11.5 Å². The van der Waals surface area contributed by atoms with Crippen molar-refractivity contribution in [1.82, 2.24) is 14.7 Å². The van der Waals surface area contributed by atoms with Gasteiger partial charge in [-0.25, -0.2) is 8.42 Å². The van der Waals surface area contributed by atoms with Crippen molar-refractivity contribution in [2.75, 3.05) is 46.9 Å². The zero-order chi connectivity index (χ0) is 22.3. The molecule has 0 atom stereocenters. The number of carbonyl (C=O) groups is 1. The van der Waals surface area contributed by atoms with E-state index in [4.69, 9.17) is 9.47 Å². The van der Waals surface area contributed by atoms with E-state index in [1.54, 1.807) is 23.1 Å². The highest BCUT2D eigenvalue weighted by Gasteiger charge is 2.33. The van der Waals surface area contributed by atoms with E-state index >= 15 is 0 Å². The molecule has 1 N–H and O–H groups in total. The highest BCUT2D eigenvalue weighted by Crippen LogP contribution is 2.27. The first-order valence-electron chi connectivity index (χ1n) is 9.37. The van der Waals surface area contributed by atoms with Crippen LogP contribution in [-0.2, 0) is 10.0 Å². The van der Waals surface area contributed by atoms with Crippen LogP contribution in [-0.4, -0.2) is 76.5 Å². The molecule has 30 heavy (non-hydrogen) atoms. The summed E-state index contributed by atoms with van der Waals surface area (Å²) in [4.78, 5) is 14.2. The molecule has 1 aromatic rings. The Hall–Kier alpha value is -2.05. The summed E-state index contributed by atoms with van der Waals surface area (Å²) < 4.78 is 69.6. The van der Waals surface area contributed by atoms with Gasteiger partial charge < -0.3 is 19.7 Å². The third kappa shape index (κ3) is 6.22. The van der Waals surface area contributed by atoms with Crippen molar-refractivity contribution < 1.29 is 35.9 Å². The summed E-state index contributed by atoms with van der Waals surface area (Å²) in [5.41, 5.74) is 0.438. The van der Waals surface area contributed by atoms with Crippen LogP contribution in [0.25, 0.3) is 0 Å². The molecule has 1 amide bonds. The monoisotopic (exact) mass is 453 g/mol. The third-order valence-corrected chi connectivity index (χ3v) is 6.18. The molecule has 170 valence electrons. The molecule has 2 rings (SSSR count). The average molecular weight is 453 g/mol. The number of rotatable bonds is 10. The molecule has 12 heteroatoms. The molecule has 0 aromatic heterocycles. The number of methoxy groups -OCH3 is 2. The van der Waals surface area contributed by atoms with Crippen molar-refractivity contribution in [2.24, 2.45) is 5.92 Å². The van der Waals surface area contributed by atoms with Crippen LogP contribution in [0.3, 0.4) is 0 Å². The summed E-state index contributed by atoms with van der Waals surface area (Å²) in [6.45, 7) is 0.940. The second kappa shape index (κ2) is 10.8. The van der Waals surface area contributed by atoms with Gasteiger partial charge in [-0.05, 0) is 54.6 Å². The SMILES string of the molecule is COc1ccc(C(=O)NCC2CCN(CCN(F)S(=O)(=O)C(F)F)CC2)cc1OC. The summed E-state index contributed by atoms with van der Waals surface area (Å²) >= 11 is 0. The third-order valence-electron chi connectivity index (χ3n) is 5.00. The van der Waals surface area contributed by atoms with Gasteiger partial charge in [-0.1, -0.05) is 0 Å². The van der Waals surface area contributed by atoms with Crippen LogP contribution >= 0.6 is 0 Å². The molecule has 8 nitrogen and oxygen atoms in total. The highest BCUT2D eigenvalue weighted by atomic mass is 32.2. The second-order valence-electron chi connectivity index (χ2n) is 6.88. The largest absolute Gasteiger partial charge is 0.493 e. The fourth-order valence-electron chi connectivity index (χ4n) is 3.16. The molecular weight excluding hydrogens is 427 g/mol. The molecule has 1 heterocycles. The van der Waals surface area contributed by atoms with Crippen LogP contribution in [0.5, 0.6) is 11.5 Å². The molecule has 0 radical (unpaired) electrons. The molecule has 0 aliphatic carbocycles. The van der Waals surface area contributed by atoms with E-state index in [1.807, 2.05) is 0 Å². The standard InChI is InChI=1S/C18H26F3N3O5S/c1-28-15-4-3-14(11-16(15)29-2)17(25)22-12-13-5-7-23(8-6-13)9-10-24(21)30(26,27)18(19)20/h3-4,11,13,18H,5-10,12H2,1-2H3,(H,22,25). The minimum Gasteiger partial charge on any atom is -0.493 e. The first-order valence-corrected chi connectivity index (χ1v) is 10.9. The molecule has 1 aliphatic rings. The lowest BCUT2D eigenvalue weighted by Gasteiger charge is -2.32. The number of ether oxygens (including phenoxy) is 2. The van der Waals surface area contributed by atoms with Crippen LogP contribution in [0.4, 0.5) is 13.3 Å². The van der Waals surface area contributed by atoms with Gasteiger partial charge in [0.1, 0.15) is 0 Å². The number of halogens is 3. The maximum Gasteiger partial charge on any atom is 0.352 e. The minimum atomic E-state index is -5.20. The van der Waals surface area contributed by atoms with Crippen LogP contribution in [0.2, 0.25) is 0 Å². The topological polar surface area (TPSA) is 88.2 Å². The van der Waals surface area contributed by atoms with Crippen LogP contribution in [0.1, 0.15) is 23.2 Å². The molecule has 1 fully saturated rings. The van der Waals surface area contributed by atoms with E-state index in [-0.39, 0.29) is 18.4 Å². The number of piperidine rings is 1. The van der Waals surface area contributed by atoms with Gasteiger partial charge in [0.2, 0.25) is 0 Å². The Bertz CT molecular complexity index is 817. The summed E-state index contributed by atoms with van der Waals surface area (Å²) in [6.07, 6.45) is 1.42. The number of benzene rings is 1. The van der Waals surface area contributed by atoms with Gasteiger partial charge in [-0.3, -0.25) is 4.79 Å². The Morgan fingerprint density at radius 3 is 2.43 bits per heavy atom. The summed E-state index contributed by atoms with van der Waals surface area (Å²) in [6, 6.07) is 4.87. The zero-order valence-electron chi connectivity index (χ0n) is 16.8. The van der Waals surface area contributed by atoms with Gasteiger partial charge in [0, 0.05) is 18.7 Å². The maximum atomic E-state index is 13.4. The number of likely N-dealkylation sites (tertiary alicyclic amines) is 1. The van der Waals surface area contributed by atoms with Crippen molar-refractivity contribution in [3.63, 3.8) is 0 Å². The lowest BCUT2D eigenvalue weighted by Crippen LogP contribution is -2.42. The van der Waals surface area contributed by atoms with E-state index in [2.05, 4.69) is 5.32 Å². The Labute approximate surface area is 173 Å². The zero-order valence-corrected chi connectivity index (χ0v) is 17.6. The predicted octanol–water partition coefficient (Wildman–Crippen LogP) is 1.88. The number of alkyl halides is 2. The average Bonchev–Trinajstić information content (AvgIpc) is 2.75. The van der Waals surface area contributed by atoms with Gasteiger partial charge in [-0.15, -0.1) is 4.48 Å². The van der Waals surface area contributed by atoms with Crippen molar-refractivity contribution in [1.29, 1.82) is 0 Å². The smallest absolute Gasteiger partial charge is 0.352 e. The lowest BCUT2D eigenvalue weighted by molar-refractivity contribution is 0.0871. The van der Waals surface area contributed by atoms with Gasteiger partial charge >= 0.3 is 15.8 Å². The molecular formula is C18H26F3N3O5S. The van der Waals surface area contributed by atoms with Crippen molar-refractivity contribution in [2.45, 2.75) is 18.6 Å². The number of nitrogens with one attached hydrogen (secondary N) is 1. The number of hydrogen-bond acceptors (Lipinski definition) is 6. The Kier molecular flexibility index (Phi) is 8.74. The van der Waals surface area contributed by atoms with Gasteiger partial charge in [0.05, 0.1) is 20.8 Å². The number of carbonyl (C=O) groups excluding carboxylic acids is 1. The lowest BCUT2D eigenvalue weighted by atomic mass is 9.96. The number of amides is 1. The van der Waals surface area contributed by atoms with Gasteiger partial charge in [0.25, 0.3) is 5.91 Å². The quantitative estimate of drug-likeness (QED) is 0.545. The fourth-order valence-corrected chi connectivity index (χ4v) is 3.67. The van der Waals surface area contributed by atoms with E-state index < -0.39 is 26.9 Å². The molecule has 0 unspecified atom stereocenters. The predicted molar refractivity (Wildman–Crippen MR) is 104 cm³/mol. The van der Waals surface area contributed by atoms with E-state index in [0.717, 1.165) is 0 Å². The minimum absolute atomic E-state index is 0.0210. The number of hydrogen-bond donors (Lipinski definition) is 1. The number of sulfonamides is 1. The summed E-state index contributed by atoms with van der Waals surface area (Å²) in [5, 5.41) is 2.87. The Morgan fingerprint density at radius 1 is 1.23 bits per heavy atom. The molecule has 1 saturated heterocycles. The normalized spacial score (nSPS) is 16.1. The van der Waals surface area contributed by atoms with Gasteiger partial charge in [-0.2, -0.15) is 8.78 Å². The molecule has 1 aromatic carbocycles. The Morgan fingerprint density at radius 2 is 1.87 bits per heavy atom. The molecule has 1 aliphatic heterocycles. The maximum absolute atomic E-state index is 13.4. The Balaban J connectivity index is 1.75. The highest BCUT2D eigenvalue weighted by molar-refractivity contribution is 7.89. The van der Waals surface area contributed by atoms with Crippen LogP contribution < -0.4 is 14.8 Å². The number of nitrogens with zero attached hydrogens (tertiary/aromatic N) is 2. The van der Waals surface area contributed by atoms with Gasteiger partial charge in [0.15, 0.2) is 11.5 Å². The van der Waals surface area contributed by atoms with Crippen molar-refractivity contribution in [3.05, 3.63) is 23.8 Å². The van der Waals surface area contributed by atoms with E-state index in [0.29, 0.717) is 49.5 Å².